The molecule has 46 valence electrons. The number of hydrogen-bond acceptors (Lipinski definition) is 2. The highest BCUT2D eigenvalue weighted by Crippen LogP contribution is 2.03. The van der Waals surface area contributed by atoms with Gasteiger partial charge in [-0.15, -0.1) is 0 Å². The number of alkyl halides is 1. The Morgan fingerprint density at radius 2 is 2.75 bits per heavy atom. The highest BCUT2D eigenvalue weighted by Gasteiger charge is 2.14. The Bertz CT molecular complexity index is 113. The maximum atomic E-state index is 11.7. The van der Waals surface area contributed by atoms with Gasteiger partial charge < -0.3 is 4.74 Å². The van der Waals surface area contributed by atoms with E-state index in [4.69, 9.17) is 4.74 Å². The Morgan fingerprint density at radius 3 is 3.00 bits per heavy atom. The highest BCUT2D eigenvalue weighted by atomic mass is 19.1. The SMILES string of the molecule is CC1=NCC(CF)O1. The van der Waals surface area contributed by atoms with Crippen molar-refractivity contribution in [1.82, 2.24) is 0 Å². The Morgan fingerprint density at radius 1 is 2.00 bits per heavy atom. The molecule has 0 bridgehead atoms. The van der Waals surface area contributed by atoms with Gasteiger partial charge in [0.15, 0.2) is 5.90 Å². The average molecular weight is 117 g/mol. The van der Waals surface area contributed by atoms with Gasteiger partial charge in [-0.25, -0.2) is 4.39 Å². The summed E-state index contributed by atoms with van der Waals surface area (Å²) in [5.41, 5.74) is 0. The molecule has 0 aromatic heterocycles. The van der Waals surface area contributed by atoms with Crippen molar-refractivity contribution < 1.29 is 9.13 Å². The fourth-order valence-electron chi connectivity index (χ4n) is 0.626. The van der Waals surface area contributed by atoms with Crippen LogP contribution in [-0.2, 0) is 4.74 Å². The van der Waals surface area contributed by atoms with E-state index in [0.717, 1.165) is 0 Å². The second-order valence-corrected chi connectivity index (χ2v) is 1.75. The summed E-state index contributed by atoms with van der Waals surface area (Å²) >= 11 is 0. The van der Waals surface area contributed by atoms with Crippen LogP contribution in [0.4, 0.5) is 4.39 Å². The molecular weight excluding hydrogens is 109 g/mol. The summed E-state index contributed by atoms with van der Waals surface area (Å²) in [6.45, 7) is 1.79. The van der Waals surface area contributed by atoms with Gasteiger partial charge in [0.2, 0.25) is 0 Å². The van der Waals surface area contributed by atoms with Crippen molar-refractivity contribution in [2.75, 3.05) is 13.2 Å². The average Bonchev–Trinajstić information content (AvgIpc) is 2.14. The topological polar surface area (TPSA) is 21.6 Å². The molecule has 1 atom stereocenters. The molecule has 0 aromatic carbocycles. The summed E-state index contributed by atoms with van der Waals surface area (Å²) in [6.07, 6.45) is -0.296. The van der Waals surface area contributed by atoms with Crippen molar-refractivity contribution in [2.24, 2.45) is 4.99 Å². The lowest BCUT2D eigenvalue weighted by molar-refractivity contribution is 0.182. The van der Waals surface area contributed by atoms with Crippen molar-refractivity contribution in [2.45, 2.75) is 13.0 Å². The molecule has 0 spiro atoms. The van der Waals surface area contributed by atoms with Gasteiger partial charge in [-0.3, -0.25) is 4.99 Å². The predicted molar refractivity (Wildman–Crippen MR) is 28.8 cm³/mol. The van der Waals surface area contributed by atoms with Crippen LogP contribution in [0.2, 0.25) is 0 Å². The molecule has 0 radical (unpaired) electrons. The lowest BCUT2D eigenvalue weighted by atomic mass is 10.4. The third-order valence-electron chi connectivity index (χ3n) is 1.03. The summed E-state index contributed by atoms with van der Waals surface area (Å²) in [5.74, 6) is 0.604. The van der Waals surface area contributed by atoms with Gasteiger partial charge in [-0.1, -0.05) is 0 Å². The van der Waals surface area contributed by atoms with Crippen LogP contribution in [-0.4, -0.2) is 25.2 Å². The summed E-state index contributed by atoms with van der Waals surface area (Å²) < 4.78 is 16.6. The number of aliphatic imine (C=N–C) groups is 1. The minimum absolute atomic E-state index is 0.296. The second kappa shape index (κ2) is 2.11. The molecule has 8 heavy (non-hydrogen) atoms. The first kappa shape index (κ1) is 5.54. The zero-order valence-corrected chi connectivity index (χ0v) is 4.72. The molecule has 0 aromatic rings. The zero-order valence-electron chi connectivity index (χ0n) is 4.72. The molecule has 1 aliphatic rings. The molecule has 0 saturated carbocycles. The fraction of sp³-hybridized carbons (Fsp3) is 0.800. The molecule has 0 N–H and O–H groups in total. The van der Waals surface area contributed by atoms with Crippen LogP contribution in [0.5, 0.6) is 0 Å². The van der Waals surface area contributed by atoms with Crippen LogP contribution in [0.3, 0.4) is 0 Å². The first-order valence-corrected chi connectivity index (χ1v) is 2.56. The Hall–Kier alpha value is -0.600. The quantitative estimate of drug-likeness (QED) is 0.497. The lowest BCUT2D eigenvalue weighted by Crippen LogP contribution is -2.13. The molecule has 1 heterocycles. The van der Waals surface area contributed by atoms with E-state index in [0.29, 0.717) is 12.4 Å². The minimum Gasteiger partial charge on any atom is -0.473 e. The first-order chi connectivity index (χ1) is 3.83. The van der Waals surface area contributed by atoms with E-state index < -0.39 is 6.67 Å². The van der Waals surface area contributed by atoms with Crippen molar-refractivity contribution in [3.8, 4) is 0 Å². The van der Waals surface area contributed by atoms with E-state index in [1.54, 1.807) is 6.92 Å². The standard InChI is InChI=1S/C5H8FNO/c1-4-7-3-5(2-6)8-4/h5H,2-3H2,1H3. The molecule has 0 amide bonds. The molecule has 2 nitrogen and oxygen atoms in total. The van der Waals surface area contributed by atoms with Crippen molar-refractivity contribution >= 4 is 5.90 Å². The smallest absolute Gasteiger partial charge is 0.180 e. The van der Waals surface area contributed by atoms with Gasteiger partial charge in [-0.05, 0) is 0 Å². The van der Waals surface area contributed by atoms with E-state index in [1.165, 1.54) is 0 Å². The second-order valence-electron chi connectivity index (χ2n) is 1.75. The van der Waals surface area contributed by atoms with Gasteiger partial charge >= 0.3 is 0 Å². The normalized spacial score (nSPS) is 27.2. The number of halogens is 1. The van der Waals surface area contributed by atoms with E-state index in [9.17, 15) is 4.39 Å². The maximum Gasteiger partial charge on any atom is 0.180 e. The Kier molecular flexibility index (Phi) is 1.46. The van der Waals surface area contributed by atoms with E-state index in [2.05, 4.69) is 4.99 Å². The van der Waals surface area contributed by atoms with Crippen LogP contribution >= 0.6 is 0 Å². The van der Waals surface area contributed by atoms with Crippen molar-refractivity contribution in [3.05, 3.63) is 0 Å². The van der Waals surface area contributed by atoms with E-state index >= 15 is 0 Å². The maximum absolute atomic E-state index is 11.7. The highest BCUT2D eigenvalue weighted by molar-refractivity contribution is 5.74. The molecule has 0 fully saturated rings. The lowest BCUT2D eigenvalue weighted by Gasteiger charge is -2.01. The number of nitrogens with zero attached hydrogens (tertiary/aromatic N) is 1. The molecule has 0 saturated heterocycles. The summed E-state index contributed by atoms with van der Waals surface area (Å²) in [5, 5.41) is 0. The Labute approximate surface area is 47.4 Å². The number of rotatable bonds is 1. The molecule has 1 rings (SSSR count). The largest absolute Gasteiger partial charge is 0.473 e. The third kappa shape index (κ3) is 0.967. The van der Waals surface area contributed by atoms with Crippen LogP contribution in [0.15, 0.2) is 4.99 Å². The van der Waals surface area contributed by atoms with Crippen LogP contribution in [0.25, 0.3) is 0 Å². The molecule has 1 aliphatic heterocycles. The van der Waals surface area contributed by atoms with Crippen LogP contribution in [0.1, 0.15) is 6.92 Å². The van der Waals surface area contributed by atoms with Gasteiger partial charge in [0.1, 0.15) is 12.8 Å². The molecule has 1 unspecified atom stereocenters. The minimum atomic E-state index is -0.430. The van der Waals surface area contributed by atoms with Crippen molar-refractivity contribution in [1.29, 1.82) is 0 Å². The van der Waals surface area contributed by atoms with E-state index in [1.807, 2.05) is 0 Å². The Balaban J connectivity index is 2.32. The van der Waals surface area contributed by atoms with Gasteiger partial charge in [-0.2, -0.15) is 0 Å². The predicted octanol–water partition coefficient (Wildman–Crippen LogP) is 0.773. The number of ether oxygens (including phenoxy) is 1. The van der Waals surface area contributed by atoms with Crippen molar-refractivity contribution in [3.63, 3.8) is 0 Å². The zero-order chi connectivity index (χ0) is 5.98. The fourth-order valence-corrected chi connectivity index (χ4v) is 0.626. The van der Waals surface area contributed by atoms with Gasteiger partial charge in [0.05, 0.1) is 6.54 Å². The molecule has 0 aliphatic carbocycles. The monoisotopic (exact) mass is 117 g/mol. The molecular formula is C5H8FNO. The summed E-state index contributed by atoms with van der Waals surface area (Å²) in [7, 11) is 0. The number of hydrogen-bond donors (Lipinski definition) is 0. The first-order valence-electron chi connectivity index (χ1n) is 2.56. The van der Waals surface area contributed by atoms with Gasteiger partial charge in [0, 0.05) is 6.92 Å². The van der Waals surface area contributed by atoms with Crippen LogP contribution < -0.4 is 0 Å². The van der Waals surface area contributed by atoms with Crippen LogP contribution in [0, 0.1) is 0 Å². The summed E-state index contributed by atoms with van der Waals surface area (Å²) in [4.78, 5) is 3.84. The van der Waals surface area contributed by atoms with Gasteiger partial charge in [0.25, 0.3) is 0 Å². The third-order valence-corrected chi connectivity index (χ3v) is 1.03. The molecule has 3 heteroatoms. The van der Waals surface area contributed by atoms with E-state index in [-0.39, 0.29) is 6.10 Å². The summed E-state index contributed by atoms with van der Waals surface area (Å²) in [6, 6.07) is 0.